The van der Waals surface area contributed by atoms with Crippen LogP contribution in [0.2, 0.25) is 0 Å². The maximum Gasteiger partial charge on any atom is 0.219 e. The van der Waals surface area contributed by atoms with Crippen molar-refractivity contribution in [1.82, 2.24) is 14.4 Å². The van der Waals surface area contributed by atoms with Crippen molar-refractivity contribution in [2.24, 2.45) is 0 Å². The lowest BCUT2D eigenvalue weighted by Gasteiger charge is -2.09. The fourth-order valence-electron chi connectivity index (χ4n) is 4.09. The van der Waals surface area contributed by atoms with Crippen molar-refractivity contribution in [3.8, 4) is 22.9 Å². The van der Waals surface area contributed by atoms with Gasteiger partial charge in [-0.3, -0.25) is 4.40 Å². The van der Waals surface area contributed by atoms with Gasteiger partial charge in [0, 0.05) is 24.6 Å². The lowest BCUT2D eigenvalue weighted by atomic mass is 10.1. The molecule has 33 heavy (non-hydrogen) atoms. The van der Waals surface area contributed by atoms with Crippen LogP contribution in [0.1, 0.15) is 28.1 Å². The molecule has 0 aliphatic rings. The Morgan fingerprint density at radius 3 is 2.36 bits per heavy atom. The van der Waals surface area contributed by atoms with Crippen molar-refractivity contribution >= 4 is 5.65 Å². The van der Waals surface area contributed by atoms with Gasteiger partial charge in [-0.25, -0.2) is 9.97 Å². The van der Waals surface area contributed by atoms with Crippen LogP contribution in [0.15, 0.2) is 85.1 Å². The zero-order chi connectivity index (χ0) is 22.8. The average molecular weight is 436 g/mol. The van der Waals surface area contributed by atoms with E-state index in [0.29, 0.717) is 24.2 Å². The van der Waals surface area contributed by atoms with Gasteiger partial charge in [-0.1, -0.05) is 66.2 Å². The first-order chi connectivity index (χ1) is 16.1. The van der Waals surface area contributed by atoms with Crippen LogP contribution in [-0.4, -0.2) is 26.6 Å². The molecule has 5 aromatic rings. The molecule has 5 rings (SSSR count). The Labute approximate surface area is 193 Å². The van der Waals surface area contributed by atoms with Gasteiger partial charge < -0.3 is 9.84 Å². The molecule has 0 radical (unpaired) electrons. The summed E-state index contributed by atoms with van der Waals surface area (Å²) in [6.07, 6.45) is 2.99. The number of benzene rings is 3. The zero-order valence-corrected chi connectivity index (χ0v) is 18.7. The number of hydrogen-bond donors (Lipinski definition) is 1. The summed E-state index contributed by atoms with van der Waals surface area (Å²) in [4.78, 5) is 9.80. The quantitative estimate of drug-likeness (QED) is 0.377. The summed E-state index contributed by atoms with van der Waals surface area (Å²) in [5, 5.41) is 11.1. The van der Waals surface area contributed by atoms with Crippen molar-refractivity contribution < 1.29 is 9.84 Å². The molecule has 3 aromatic carbocycles. The van der Waals surface area contributed by atoms with Crippen LogP contribution in [0.25, 0.3) is 16.9 Å². The Hall–Kier alpha value is -4.12. The van der Waals surface area contributed by atoms with E-state index in [4.69, 9.17) is 14.7 Å². The van der Waals surface area contributed by atoms with Gasteiger partial charge in [-0.15, -0.1) is 0 Å². The van der Waals surface area contributed by atoms with Crippen LogP contribution in [0.3, 0.4) is 0 Å². The van der Waals surface area contributed by atoms with Crippen LogP contribution in [-0.2, 0) is 12.8 Å². The molecular weight excluding hydrogens is 410 g/mol. The molecule has 0 saturated heterocycles. The number of aromatic hydroxyl groups is 1. The van der Waals surface area contributed by atoms with Gasteiger partial charge in [0.05, 0.1) is 18.5 Å². The molecule has 1 N–H and O–H groups in total. The minimum absolute atomic E-state index is 0.137. The van der Waals surface area contributed by atoms with E-state index in [1.807, 2.05) is 60.8 Å². The minimum Gasteiger partial charge on any atom is -0.497 e. The van der Waals surface area contributed by atoms with Crippen LogP contribution in [0.4, 0.5) is 0 Å². The number of methoxy groups -OCH3 is 1. The second-order valence-corrected chi connectivity index (χ2v) is 8.21. The lowest BCUT2D eigenvalue weighted by Crippen LogP contribution is -2.01. The topological polar surface area (TPSA) is 59.7 Å². The van der Waals surface area contributed by atoms with E-state index in [1.54, 1.807) is 11.5 Å². The molecule has 164 valence electrons. The Balaban J connectivity index is 1.64. The second-order valence-electron chi connectivity index (χ2n) is 8.21. The molecule has 2 heterocycles. The first-order valence-corrected chi connectivity index (χ1v) is 10.9. The van der Waals surface area contributed by atoms with Gasteiger partial charge in [-0.05, 0) is 36.2 Å². The number of fused-ring (bicyclic) bond motifs is 1. The first-order valence-electron chi connectivity index (χ1n) is 10.9. The highest BCUT2D eigenvalue weighted by molar-refractivity contribution is 5.64. The van der Waals surface area contributed by atoms with Crippen molar-refractivity contribution in [2.45, 2.75) is 19.8 Å². The van der Waals surface area contributed by atoms with E-state index in [-0.39, 0.29) is 5.88 Å². The van der Waals surface area contributed by atoms with Crippen molar-refractivity contribution in [2.75, 3.05) is 7.11 Å². The molecule has 0 atom stereocenters. The van der Waals surface area contributed by atoms with E-state index >= 15 is 0 Å². The van der Waals surface area contributed by atoms with E-state index < -0.39 is 0 Å². The summed E-state index contributed by atoms with van der Waals surface area (Å²) < 4.78 is 7.11. The SMILES string of the molecule is COc1cccc(Cc2nc3c(Cc4ccccc4)nc(-c4cccc(C)c4)cn3c2O)c1. The van der Waals surface area contributed by atoms with Gasteiger partial charge in [0.2, 0.25) is 5.88 Å². The molecule has 0 aliphatic heterocycles. The molecule has 0 saturated carbocycles. The summed E-state index contributed by atoms with van der Waals surface area (Å²) >= 11 is 0. The number of rotatable bonds is 6. The van der Waals surface area contributed by atoms with E-state index in [0.717, 1.165) is 39.4 Å². The van der Waals surface area contributed by atoms with Crippen LogP contribution in [0.5, 0.6) is 11.6 Å². The third kappa shape index (κ3) is 4.30. The molecule has 5 nitrogen and oxygen atoms in total. The summed E-state index contributed by atoms with van der Waals surface area (Å²) in [6.45, 7) is 2.06. The molecule has 0 unspecified atom stereocenters. The maximum absolute atomic E-state index is 11.1. The number of ether oxygens (including phenoxy) is 1. The number of hydrogen-bond acceptors (Lipinski definition) is 4. The smallest absolute Gasteiger partial charge is 0.219 e. The molecular formula is C28H25N3O2. The average Bonchev–Trinajstić information content (AvgIpc) is 3.15. The predicted octanol–water partition coefficient (Wildman–Crippen LogP) is 5.60. The fourth-order valence-corrected chi connectivity index (χ4v) is 4.09. The number of aryl methyl sites for hydroxylation is 1. The number of aromatic nitrogens is 3. The zero-order valence-electron chi connectivity index (χ0n) is 18.7. The van der Waals surface area contributed by atoms with Gasteiger partial charge in [0.15, 0.2) is 5.65 Å². The molecule has 0 amide bonds. The standard InChI is InChI=1S/C28H25N3O2/c1-19-8-6-12-22(14-19)26-18-31-27(24(29-26)16-20-9-4-3-5-10-20)30-25(28(31)32)17-21-11-7-13-23(15-21)33-2/h3-15,18,32H,16-17H2,1-2H3. The van der Waals surface area contributed by atoms with Crippen molar-refractivity contribution in [1.29, 1.82) is 0 Å². The van der Waals surface area contributed by atoms with Crippen LogP contribution in [0, 0.1) is 6.92 Å². The third-order valence-corrected chi connectivity index (χ3v) is 5.75. The third-order valence-electron chi connectivity index (χ3n) is 5.75. The summed E-state index contributed by atoms with van der Waals surface area (Å²) in [5.41, 5.74) is 7.24. The Kier molecular flexibility index (Phi) is 5.53. The van der Waals surface area contributed by atoms with Gasteiger partial charge in [-0.2, -0.15) is 0 Å². The highest BCUT2D eigenvalue weighted by Crippen LogP contribution is 2.29. The molecule has 0 fully saturated rings. The molecule has 5 heteroatoms. The molecule has 2 aromatic heterocycles. The van der Waals surface area contributed by atoms with Gasteiger partial charge in [0.25, 0.3) is 0 Å². The maximum atomic E-state index is 11.1. The van der Waals surface area contributed by atoms with E-state index in [1.165, 1.54) is 0 Å². The van der Waals surface area contributed by atoms with Crippen molar-refractivity contribution in [3.05, 3.63) is 113 Å². The highest BCUT2D eigenvalue weighted by Gasteiger charge is 2.18. The number of imidazole rings is 1. The molecule has 0 bridgehead atoms. The van der Waals surface area contributed by atoms with Gasteiger partial charge >= 0.3 is 0 Å². The second kappa shape index (κ2) is 8.79. The molecule has 0 spiro atoms. The van der Waals surface area contributed by atoms with E-state index in [2.05, 4.69) is 31.2 Å². The summed E-state index contributed by atoms with van der Waals surface area (Å²) in [7, 11) is 1.65. The molecule has 0 aliphatic carbocycles. The fraction of sp³-hybridized carbons (Fsp3) is 0.143. The summed E-state index contributed by atoms with van der Waals surface area (Å²) in [5.74, 6) is 0.919. The lowest BCUT2D eigenvalue weighted by molar-refractivity contribution is 0.414. The van der Waals surface area contributed by atoms with E-state index in [9.17, 15) is 5.11 Å². The Bertz CT molecular complexity index is 1420. The minimum atomic E-state index is 0.137. The largest absolute Gasteiger partial charge is 0.497 e. The van der Waals surface area contributed by atoms with Crippen LogP contribution < -0.4 is 4.74 Å². The normalized spacial score (nSPS) is 11.1. The van der Waals surface area contributed by atoms with Crippen molar-refractivity contribution in [3.63, 3.8) is 0 Å². The predicted molar refractivity (Wildman–Crippen MR) is 130 cm³/mol. The monoisotopic (exact) mass is 435 g/mol. The summed E-state index contributed by atoms with van der Waals surface area (Å²) in [6, 6.07) is 26.3. The van der Waals surface area contributed by atoms with Gasteiger partial charge in [0.1, 0.15) is 11.4 Å². The highest BCUT2D eigenvalue weighted by atomic mass is 16.5. The Morgan fingerprint density at radius 2 is 1.58 bits per heavy atom. The Morgan fingerprint density at radius 1 is 0.818 bits per heavy atom. The first kappa shape index (κ1) is 20.8. The number of nitrogens with zero attached hydrogens (tertiary/aromatic N) is 3. The van der Waals surface area contributed by atoms with Crippen LogP contribution >= 0.6 is 0 Å².